The van der Waals surface area contributed by atoms with Gasteiger partial charge < -0.3 is 31.3 Å². The van der Waals surface area contributed by atoms with Crippen LogP contribution in [0.5, 0.6) is 0 Å². The number of nitrogens with one attached hydrogen (secondary N) is 2. The lowest BCUT2D eigenvalue weighted by atomic mass is 9.96. The van der Waals surface area contributed by atoms with Crippen LogP contribution in [0.25, 0.3) is 0 Å². The van der Waals surface area contributed by atoms with Gasteiger partial charge in [0, 0.05) is 13.1 Å². The maximum absolute atomic E-state index is 13.7. The maximum atomic E-state index is 13.7. The van der Waals surface area contributed by atoms with Gasteiger partial charge in [-0.3, -0.25) is 19.2 Å². The second-order valence-corrected chi connectivity index (χ2v) is 10.6. The van der Waals surface area contributed by atoms with Crippen molar-refractivity contribution in [3.05, 3.63) is 0 Å². The molecule has 6 atom stereocenters. The van der Waals surface area contributed by atoms with Crippen molar-refractivity contribution in [3.8, 4) is 0 Å². The zero-order valence-electron chi connectivity index (χ0n) is 22.2. The average molecular weight is 510 g/mol. The van der Waals surface area contributed by atoms with Gasteiger partial charge in [0.2, 0.25) is 23.6 Å². The lowest BCUT2D eigenvalue weighted by molar-refractivity contribution is -0.152. The van der Waals surface area contributed by atoms with E-state index in [1.54, 1.807) is 0 Å². The Kier molecular flexibility index (Phi) is 10.7. The van der Waals surface area contributed by atoms with Crippen molar-refractivity contribution in [3.63, 3.8) is 0 Å². The minimum absolute atomic E-state index is 0.0756. The number of rotatable bonds is 11. The summed E-state index contributed by atoms with van der Waals surface area (Å²) in [7, 11) is 0. The third kappa shape index (κ3) is 7.18. The second kappa shape index (κ2) is 13.0. The van der Waals surface area contributed by atoms with Gasteiger partial charge in [-0.2, -0.15) is 0 Å². The standard InChI is InChI=1S/C25H43N5O6/c1-6-15(4)20(28-21(31)16(5)26)22(32)27-17(13-14(2)3)23(33)29-11-7-9-18(29)24(34)30-12-8-10-19(30)25(35)36/h14-20H,6-13,26H2,1-5H3,(H,27,32)(H,28,31)(H,35,36)/t15-,16-,17-,18-,19-,20-/m0/s1. The number of likely N-dealkylation sites (tertiary alicyclic amines) is 2. The first kappa shape index (κ1) is 29.5. The van der Waals surface area contributed by atoms with Gasteiger partial charge in [-0.1, -0.05) is 34.1 Å². The zero-order valence-corrected chi connectivity index (χ0v) is 22.2. The molecule has 2 rings (SSSR count). The predicted molar refractivity (Wildman–Crippen MR) is 134 cm³/mol. The van der Waals surface area contributed by atoms with Gasteiger partial charge in [0.1, 0.15) is 24.2 Å². The van der Waals surface area contributed by atoms with Crippen molar-refractivity contribution in [2.24, 2.45) is 17.6 Å². The number of hydrogen-bond acceptors (Lipinski definition) is 6. The molecule has 4 amide bonds. The average Bonchev–Trinajstić information content (AvgIpc) is 3.50. The Morgan fingerprint density at radius 1 is 0.917 bits per heavy atom. The van der Waals surface area contributed by atoms with Crippen LogP contribution in [-0.2, 0) is 24.0 Å². The highest BCUT2D eigenvalue weighted by Gasteiger charge is 2.44. The highest BCUT2D eigenvalue weighted by atomic mass is 16.4. The van der Waals surface area contributed by atoms with Gasteiger partial charge >= 0.3 is 5.97 Å². The predicted octanol–water partition coefficient (Wildman–Crippen LogP) is 0.462. The highest BCUT2D eigenvalue weighted by Crippen LogP contribution is 2.26. The molecular formula is C25H43N5O6. The minimum Gasteiger partial charge on any atom is -0.480 e. The van der Waals surface area contributed by atoms with E-state index in [-0.39, 0.29) is 23.7 Å². The third-order valence-electron chi connectivity index (χ3n) is 7.17. The van der Waals surface area contributed by atoms with E-state index in [9.17, 15) is 29.1 Å². The van der Waals surface area contributed by atoms with Crippen LogP contribution in [0.3, 0.4) is 0 Å². The Bertz CT molecular complexity index is 832. The van der Waals surface area contributed by atoms with Crippen molar-refractivity contribution in [1.29, 1.82) is 0 Å². The number of nitrogens with zero attached hydrogens (tertiary/aromatic N) is 2. The summed E-state index contributed by atoms with van der Waals surface area (Å²) in [5.41, 5.74) is 5.67. The summed E-state index contributed by atoms with van der Waals surface area (Å²) < 4.78 is 0. The van der Waals surface area contributed by atoms with Crippen LogP contribution < -0.4 is 16.4 Å². The van der Waals surface area contributed by atoms with Crippen LogP contribution in [-0.4, -0.2) is 87.8 Å². The fourth-order valence-corrected chi connectivity index (χ4v) is 4.91. The van der Waals surface area contributed by atoms with Crippen molar-refractivity contribution >= 4 is 29.6 Å². The van der Waals surface area contributed by atoms with E-state index >= 15 is 0 Å². The number of carbonyl (C=O) groups excluding carboxylic acids is 4. The normalized spacial score (nSPS) is 23.2. The van der Waals surface area contributed by atoms with E-state index in [1.165, 1.54) is 16.7 Å². The van der Waals surface area contributed by atoms with Crippen LogP contribution in [0, 0.1) is 11.8 Å². The Balaban J connectivity index is 2.22. The second-order valence-electron chi connectivity index (χ2n) is 10.6. The number of aliphatic carboxylic acids is 1. The topological polar surface area (TPSA) is 162 Å². The van der Waals surface area contributed by atoms with Crippen LogP contribution >= 0.6 is 0 Å². The first-order valence-corrected chi connectivity index (χ1v) is 13.1. The fourth-order valence-electron chi connectivity index (χ4n) is 4.91. The zero-order chi connectivity index (χ0) is 27.2. The molecule has 2 fully saturated rings. The molecule has 5 N–H and O–H groups in total. The van der Waals surface area contributed by atoms with E-state index < -0.39 is 48.0 Å². The molecule has 2 aliphatic rings. The number of nitrogens with two attached hydrogens (primary N) is 1. The van der Waals surface area contributed by atoms with Gasteiger partial charge in [-0.15, -0.1) is 0 Å². The van der Waals surface area contributed by atoms with Gasteiger partial charge in [0.15, 0.2) is 0 Å². The summed E-state index contributed by atoms with van der Waals surface area (Å²) in [5.74, 6) is -2.77. The number of amides is 4. The summed E-state index contributed by atoms with van der Waals surface area (Å²) in [5, 5.41) is 15.0. The van der Waals surface area contributed by atoms with Crippen LogP contribution in [0.2, 0.25) is 0 Å². The summed E-state index contributed by atoms with van der Waals surface area (Å²) in [6.45, 7) is 9.87. The number of carbonyl (C=O) groups is 5. The molecule has 204 valence electrons. The van der Waals surface area contributed by atoms with Gasteiger partial charge in [0.25, 0.3) is 0 Å². The molecular weight excluding hydrogens is 466 g/mol. The molecule has 0 aromatic rings. The molecule has 0 bridgehead atoms. The molecule has 0 aromatic carbocycles. The van der Waals surface area contributed by atoms with E-state index in [0.717, 1.165) is 0 Å². The van der Waals surface area contributed by atoms with Crippen molar-refractivity contribution < 1.29 is 29.1 Å². The monoisotopic (exact) mass is 509 g/mol. The molecule has 11 heteroatoms. The lowest BCUT2D eigenvalue weighted by Gasteiger charge is -2.33. The number of carboxylic acid groups (broad SMARTS) is 1. The Labute approximate surface area is 213 Å². The number of carboxylic acids is 1. The smallest absolute Gasteiger partial charge is 0.326 e. The Morgan fingerprint density at radius 2 is 1.50 bits per heavy atom. The van der Waals surface area contributed by atoms with E-state index in [4.69, 9.17) is 5.73 Å². The largest absolute Gasteiger partial charge is 0.480 e. The maximum Gasteiger partial charge on any atom is 0.326 e. The molecule has 0 unspecified atom stereocenters. The Hall–Kier alpha value is -2.69. The number of hydrogen-bond donors (Lipinski definition) is 4. The van der Waals surface area contributed by atoms with Crippen molar-refractivity contribution in [2.45, 2.75) is 103 Å². The molecule has 0 spiro atoms. The van der Waals surface area contributed by atoms with E-state index in [0.29, 0.717) is 51.6 Å². The first-order chi connectivity index (χ1) is 16.9. The molecule has 0 aromatic heterocycles. The van der Waals surface area contributed by atoms with Crippen molar-refractivity contribution in [2.75, 3.05) is 13.1 Å². The molecule has 2 saturated heterocycles. The quantitative estimate of drug-likeness (QED) is 0.314. The summed E-state index contributed by atoms with van der Waals surface area (Å²) >= 11 is 0. The molecule has 0 radical (unpaired) electrons. The van der Waals surface area contributed by atoms with Gasteiger partial charge in [0.05, 0.1) is 6.04 Å². The molecule has 2 heterocycles. The van der Waals surface area contributed by atoms with Crippen LogP contribution in [0.4, 0.5) is 0 Å². The molecule has 0 aliphatic carbocycles. The van der Waals surface area contributed by atoms with Crippen LogP contribution in [0.1, 0.15) is 73.1 Å². The first-order valence-electron chi connectivity index (χ1n) is 13.1. The lowest BCUT2D eigenvalue weighted by Crippen LogP contribution is -2.59. The van der Waals surface area contributed by atoms with Crippen LogP contribution in [0.15, 0.2) is 0 Å². The van der Waals surface area contributed by atoms with E-state index in [1.807, 2.05) is 27.7 Å². The third-order valence-corrected chi connectivity index (χ3v) is 7.17. The summed E-state index contributed by atoms with van der Waals surface area (Å²) in [6.07, 6.45) is 3.07. The van der Waals surface area contributed by atoms with Gasteiger partial charge in [-0.05, 0) is 50.9 Å². The molecule has 36 heavy (non-hydrogen) atoms. The molecule has 0 saturated carbocycles. The molecule has 2 aliphatic heterocycles. The Morgan fingerprint density at radius 3 is 2.03 bits per heavy atom. The highest BCUT2D eigenvalue weighted by molar-refractivity contribution is 5.96. The van der Waals surface area contributed by atoms with Crippen molar-refractivity contribution in [1.82, 2.24) is 20.4 Å². The summed E-state index contributed by atoms with van der Waals surface area (Å²) in [6, 6.07) is -4.13. The fraction of sp³-hybridized carbons (Fsp3) is 0.800. The minimum atomic E-state index is -1.04. The van der Waals surface area contributed by atoms with E-state index in [2.05, 4.69) is 10.6 Å². The van der Waals surface area contributed by atoms with Gasteiger partial charge in [-0.25, -0.2) is 4.79 Å². The summed E-state index contributed by atoms with van der Waals surface area (Å²) in [4.78, 5) is 66.9. The SMILES string of the molecule is CC[C@H](C)[C@H](NC(=O)[C@H](C)N)C(=O)N[C@@H](CC(C)C)C(=O)N1CCC[C@H]1C(=O)N1CCC[C@H]1C(=O)O. The molecule has 11 nitrogen and oxygen atoms in total.